The Balaban J connectivity index is 3.68. The minimum atomic E-state index is -4.32. The van der Waals surface area contributed by atoms with Crippen LogP contribution in [0.4, 0.5) is 8.78 Å². The van der Waals surface area contributed by atoms with E-state index in [1.54, 1.807) is 0 Å². The van der Waals surface area contributed by atoms with E-state index in [1.807, 2.05) is 0 Å². The molecule has 0 aliphatic carbocycles. The number of nitrogens with zero attached hydrogens (tertiary/aromatic N) is 1. The second-order valence-electron chi connectivity index (χ2n) is 2.90. The molecule has 16 heavy (non-hydrogen) atoms. The molecule has 8 heteroatoms. The van der Waals surface area contributed by atoms with E-state index in [4.69, 9.17) is 15.4 Å². The predicted molar refractivity (Wildman–Crippen MR) is 53.5 cm³/mol. The second kappa shape index (κ2) is 4.50. The van der Waals surface area contributed by atoms with Crippen molar-refractivity contribution in [3.63, 3.8) is 0 Å². The van der Waals surface area contributed by atoms with E-state index in [2.05, 4.69) is 4.98 Å². The fourth-order valence-electron chi connectivity index (χ4n) is 1.23. The van der Waals surface area contributed by atoms with Gasteiger partial charge in [-0.05, 0) is 6.92 Å². The van der Waals surface area contributed by atoms with E-state index in [1.165, 1.54) is 6.92 Å². The van der Waals surface area contributed by atoms with E-state index < -0.39 is 25.9 Å². The van der Waals surface area contributed by atoms with Gasteiger partial charge in [-0.15, -0.1) is 0 Å². The molecule has 0 radical (unpaired) electrons. The molecule has 0 spiro atoms. The molecule has 0 bridgehead atoms. The molecule has 4 nitrogen and oxygen atoms in total. The maximum Gasteiger partial charge on any atom is 0.266 e. The van der Waals surface area contributed by atoms with Crippen LogP contribution in [-0.4, -0.2) is 20.5 Å². The highest BCUT2D eigenvalue weighted by Crippen LogP contribution is 2.36. The molecule has 0 saturated carbocycles. The van der Waals surface area contributed by atoms with Crippen LogP contribution in [0.1, 0.15) is 17.7 Å². The van der Waals surface area contributed by atoms with Gasteiger partial charge in [-0.1, -0.05) is 0 Å². The fourth-order valence-corrected chi connectivity index (χ4v) is 2.58. The smallest absolute Gasteiger partial charge is 0.266 e. The third-order valence-corrected chi connectivity index (χ3v) is 3.25. The molecule has 1 aromatic rings. The minimum absolute atomic E-state index is 0.172. The van der Waals surface area contributed by atoms with E-state index in [0.29, 0.717) is 0 Å². The standard InChI is InChI=1S/C8H8ClF2NO3S/c1-4-6(15-2)7(16(9,13)14)5(3-12-4)8(10)11/h3,8H,1-2H3. The monoisotopic (exact) mass is 271 g/mol. The van der Waals surface area contributed by atoms with Gasteiger partial charge in [-0.3, -0.25) is 4.98 Å². The average molecular weight is 272 g/mol. The third kappa shape index (κ3) is 2.41. The van der Waals surface area contributed by atoms with Crippen LogP contribution >= 0.6 is 10.7 Å². The summed E-state index contributed by atoms with van der Waals surface area (Å²) >= 11 is 0. The molecule has 90 valence electrons. The number of hydrogen-bond donors (Lipinski definition) is 0. The first-order chi connectivity index (χ1) is 7.29. The Morgan fingerprint density at radius 3 is 2.44 bits per heavy atom. The topological polar surface area (TPSA) is 56.3 Å². The van der Waals surface area contributed by atoms with Gasteiger partial charge in [0.1, 0.15) is 4.90 Å². The summed E-state index contributed by atoms with van der Waals surface area (Å²) in [5, 5.41) is 0. The largest absolute Gasteiger partial charge is 0.493 e. The molecule has 0 fully saturated rings. The van der Waals surface area contributed by atoms with E-state index in [-0.39, 0.29) is 11.4 Å². The van der Waals surface area contributed by atoms with Gasteiger partial charge in [-0.2, -0.15) is 0 Å². The lowest BCUT2D eigenvalue weighted by Crippen LogP contribution is -2.05. The normalized spacial score (nSPS) is 11.9. The summed E-state index contributed by atoms with van der Waals surface area (Å²) in [5.41, 5.74) is -0.594. The molecule has 0 aromatic carbocycles. The van der Waals surface area contributed by atoms with Crippen molar-refractivity contribution >= 4 is 19.7 Å². The average Bonchev–Trinajstić information content (AvgIpc) is 2.15. The van der Waals surface area contributed by atoms with Crippen LogP contribution in [0.2, 0.25) is 0 Å². The van der Waals surface area contributed by atoms with Crippen molar-refractivity contribution in [3.05, 3.63) is 17.5 Å². The van der Waals surface area contributed by atoms with E-state index in [9.17, 15) is 17.2 Å². The van der Waals surface area contributed by atoms with Crippen molar-refractivity contribution in [2.24, 2.45) is 0 Å². The molecule has 0 N–H and O–H groups in total. The summed E-state index contributed by atoms with van der Waals surface area (Å²) in [6.45, 7) is 1.43. The number of ether oxygens (including phenoxy) is 1. The van der Waals surface area contributed by atoms with Crippen molar-refractivity contribution in [3.8, 4) is 5.75 Å². The van der Waals surface area contributed by atoms with Crippen LogP contribution in [0, 0.1) is 6.92 Å². The first-order valence-electron chi connectivity index (χ1n) is 4.05. The second-order valence-corrected chi connectivity index (χ2v) is 5.40. The molecule has 0 atom stereocenters. The number of rotatable bonds is 3. The SMILES string of the molecule is COc1c(C)ncc(C(F)F)c1S(=O)(=O)Cl. The van der Waals surface area contributed by atoms with E-state index >= 15 is 0 Å². The highest BCUT2D eigenvalue weighted by molar-refractivity contribution is 8.13. The van der Waals surface area contributed by atoms with Gasteiger partial charge in [0.25, 0.3) is 15.5 Å². The Hall–Kier alpha value is -0.950. The number of aryl methyl sites for hydroxylation is 1. The van der Waals surface area contributed by atoms with Gasteiger partial charge in [0.05, 0.1) is 18.4 Å². The third-order valence-electron chi connectivity index (χ3n) is 1.88. The maximum atomic E-state index is 12.6. The van der Waals surface area contributed by atoms with Crippen molar-refractivity contribution < 1.29 is 21.9 Å². The molecular formula is C8H8ClF2NO3S. The van der Waals surface area contributed by atoms with Crippen LogP contribution in [0.3, 0.4) is 0 Å². The number of halogens is 3. The number of methoxy groups -OCH3 is 1. The summed E-state index contributed by atoms with van der Waals surface area (Å²) in [6, 6.07) is 0. The fraction of sp³-hybridized carbons (Fsp3) is 0.375. The van der Waals surface area contributed by atoms with Gasteiger partial charge in [0, 0.05) is 16.9 Å². The Morgan fingerprint density at radius 2 is 2.06 bits per heavy atom. The Kier molecular flexibility index (Phi) is 3.69. The molecule has 0 amide bonds. The van der Waals surface area contributed by atoms with Crippen LogP contribution in [0.25, 0.3) is 0 Å². The highest BCUT2D eigenvalue weighted by Gasteiger charge is 2.28. The first-order valence-corrected chi connectivity index (χ1v) is 6.36. The lowest BCUT2D eigenvalue weighted by atomic mass is 10.2. The molecule has 0 saturated heterocycles. The summed E-state index contributed by atoms with van der Waals surface area (Å²) < 4.78 is 52.3. The van der Waals surface area contributed by atoms with Crippen LogP contribution in [0.5, 0.6) is 5.75 Å². The van der Waals surface area contributed by atoms with Crippen LogP contribution in [0.15, 0.2) is 11.1 Å². The number of hydrogen-bond acceptors (Lipinski definition) is 4. The molecule has 1 heterocycles. The lowest BCUT2D eigenvalue weighted by Gasteiger charge is -2.12. The Labute approximate surface area is 95.6 Å². The highest BCUT2D eigenvalue weighted by atomic mass is 35.7. The Morgan fingerprint density at radius 1 is 1.50 bits per heavy atom. The van der Waals surface area contributed by atoms with E-state index in [0.717, 1.165) is 13.3 Å². The van der Waals surface area contributed by atoms with Gasteiger partial charge in [0.2, 0.25) is 0 Å². The zero-order valence-electron chi connectivity index (χ0n) is 8.37. The Bertz CT molecular complexity index is 504. The zero-order chi connectivity index (χ0) is 12.5. The molecular weight excluding hydrogens is 264 g/mol. The minimum Gasteiger partial charge on any atom is -0.493 e. The maximum absolute atomic E-state index is 12.6. The van der Waals surface area contributed by atoms with Crippen molar-refractivity contribution in [2.75, 3.05) is 7.11 Å². The zero-order valence-corrected chi connectivity index (χ0v) is 9.94. The van der Waals surface area contributed by atoms with Crippen molar-refractivity contribution in [1.29, 1.82) is 0 Å². The quantitative estimate of drug-likeness (QED) is 0.792. The molecule has 1 rings (SSSR count). The van der Waals surface area contributed by atoms with Gasteiger partial charge < -0.3 is 4.74 Å². The lowest BCUT2D eigenvalue weighted by molar-refractivity contribution is 0.146. The summed E-state index contributed by atoms with van der Waals surface area (Å²) in [4.78, 5) is 2.89. The number of aromatic nitrogens is 1. The van der Waals surface area contributed by atoms with Gasteiger partial charge >= 0.3 is 0 Å². The summed E-state index contributed by atoms with van der Waals surface area (Å²) in [7, 11) is 1.94. The van der Waals surface area contributed by atoms with Gasteiger partial charge in [-0.25, -0.2) is 17.2 Å². The van der Waals surface area contributed by atoms with Gasteiger partial charge in [0.15, 0.2) is 5.75 Å². The predicted octanol–water partition coefficient (Wildman–Crippen LogP) is 2.26. The van der Waals surface area contributed by atoms with Crippen LogP contribution in [-0.2, 0) is 9.05 Å². The summed E-state index contributed by atoms with van der Waals surface area (Å²) in [5.74, 6) is -0.257. The number of alkyl halides is 2. The van der Waals surface area contributed by atoms with Crippen LogP contribution < -0.4 is 4.74 Å². The van der Waals surface area contributed by atoms with Crippen molar-refractivity contribution in [2.45, 2.75) is 18.2 Å². The molecule has 0 aliphatic rings. The molecule has 0 aliphatic heterocycles. The van der Waals surface area contributed by atoms with Crippen molar-refractivity contribution in [1.82, 2.24) is 4.98 Å². The molecule has 1 aromatic heterocycles. The summed E-state index contributed by atoms with van der Waals surface area (Å²) in [6.07, 6.45) is -2.22. The first kappa shape index (κ1) is 13.1. The molecule has 0 unspecified atom stereocenters. The number of pyridine rings is 1.